The van der Waals surface area contributed by atoms with Crippen molar-refractivity contribution in [3.8, 4) is 6.07 Å². The summed E-state index contributed by atoms with van der Waals surface area (Å²) in [6.45, 7) is 2.44. The predicted octanol–water partition coefficient (Wildman–Crippen LogP) is 3.22. The van der Waals surface area contributed by atoms with Crippen LogP contribution >= 0.6 is 0 Å². The Labute approximate surface area is 112 Å². The van der Waals surface area contributed by atoms with Gasteiger partial charge < -0.3 is 10.2 Å². The molecule has 0 unspecified atom stereocenters. The molecule has 0 fully saturated rings. The molecule has 19 heavy (non-hydrogen) atoms. The highest BCUT2D eigenvalue weighted by Gasteiger charge is 2.12. The molecule has 0 spiro atoms. The summed E-state index contributed by atoms with van der Waals surface area (Å²) in [4.78, 5) is 13.5. The zero-order valence-electron chi connectivity index (χ0n) is 10.8. The van der Waals surface area contributed by atoms with E-state index in [2.05, 4.69) is 5.32 Å². The van der Waals surface area contributed by atoms with Crippen LogP contribution in [0.2, 0.25) is 0 Å². The van der Waals surface area contributed by atoms with E-state index in [1.54, 1.807) is 0 Å². The Kier molecular flexibility index (Phi) is 3.99. The van der Waals surface area contributed by atoms with Crippen LogP contribution in [0.25, 0.3) is 10.8 Å². The van der Waals surface area contributed by atoms with Crippen LogP contribution in [0.4, 0.5) is 10.5 Å². The number of amides is 2. The number of urea groups is 1. The van der Waals surface area contributed by atoms with Gasteiger partial charge in [0.15, 0.2) is 0 Å². The number of nitriles is 1. The van der Waals surface area contributed by atoms with Gasteiger partial charge in [0.05, 0.1) is 11.8 Å². The van der Waals surface area contributed by atoms with Gasteiger partial charge in [-0.1, -0.05) is 36.4 Å². The standard InChI is InChI=1S/C15H15N3O/c1-2-18(11-10-16)15(19)17-14-9-5-7-12-6-3-4-8-13(12)14/h3-9H,2,11H2,1H3,(H,17,19). The van der Waals surface area contributed by atoms with Crippen molar-refractivity contribution in [2.75, 3.05) is 18.4 Å². The van der Waals surface area contributed by atoms with Crippen LogP contribution in [0, 0.1) is 11.3 Å². The highest BCUT2D eigenvalue weighted by molar-refractivity contribution is 6.01. The van der Waals surface area contributed by atoms with E-state index in [1.807, 2.05) is 55.5 Å². The molecule has 1 N–H and O–H groups in total. The van der Waals surface area contributed by atoms with Crippen LogP contribution < -0.4 is 5.32 Å². The zero-order chi connectivity index (χ0) is 13.7. The van der Waals surface area contributed by atoms with Crippen molar-refractivity contribution < 1.29 is 4.79 Å². The van der Waals surface area contributed by atoms with E-state index in [4.69, 9.17) is 5.26 Å². The van der Waals surface area contributed by atoms with E-state index in [0.717, 1.165) is 16.5 Å². The Morgan fingerprint density at radius 3 is 2.74 bits per heavy atom. The fourth-order valence-electron chi connectivity index (χ4n) is 1.94. The number of fused-ring (bicyclic) bond motifs is 1. The SMILES string of the molecule is CCN(CC#N)C(=O)Nc1cccc2ccccc12. The number of nitrogens with one attached hydrogen (secondary N) is 1. The maximum Gasteiger partial charge on any atom is 0.322 e. The average molecular weight is 253 g/mol. The summed E-state index contributed by atoms with van der Waals surface area (Å²) in [5.41, 5.74) is 0.763. The van der Waals surface area contributed by atoms with Crippen LogP contribution in [-0.2, 0) is 0 Å². The summed E-state index contributed by atoms with van der Waals surface area (Å²) >= 11 is 0. The minimum absolute atomic E-state index is 0.0904. The van der Waals surface area contributed by atoms with Crippen LogP contribution in [0.3, 0.4) is 0 Å². The number of anilines is 1. The number of carbonyl (C=O) groups excluding carboxylic acids is 1. The van der Waals surface area contributed by atoms with Crippen molar-refractivity contribution in [2.24, 2.45) is 0 Å². The van der Waals surface area contributed by atoms with Gasteiger partial charge in [-0.05, 0) is 18.4 Å². The monoisotopic (exact) mass is 253 g/mol. The van der Waals surface area contributed by atoms with E-state index in [1.165, 1.54) is 4.90 Å². The summed E-state index contributed by atoms with van der Waals surface area (Å²) < 4.78 is 0. The molecule has 2 rings (SSSR count). The average Bonchev–Trinajstić information content (AvgIpc) is 2.45. The van der Waals surface area contributed by atoms with Gasteiger partial charge in [-0.15, -0.1) is 0 Å². The minimum Gasteiger partial charge on any atom is -0.311 e. The van der Waals surface area contributed by atoms with Crippen LogP contribution in [0.5, 0.6) is 0 Å². The lowest BCUT2D eigenvalue weighted by atomic mass is 10.1. The van der Waals surface area contributed by atoms with Gasteiger partial charge >= 0.3 is 6.03 Å². The summed E-state index contributed by atoms with van der Waals surface area (Å²) in [6.07, 6.45) is 0. The highest BCUT2D eigenvalue weighted by Crippen LogP contribution is 2.23. The predicted molar refractivity (Wildman–Crippen MR) is 75.8 cm³/mol. The van der Waals surface area contributed by atoms with Crippen LogP contribution in [0.15, 0.2) is 42.5 Å². The second kappa shape index (κ2) is 5.87. The number of benzene rings is 2. The first-order valence-corrected chi connectivity index (χ1v) is 6.17. The molecule has 0 saturated carbocycles. The van der Waals surface area contributed by atoms with Gasteiger partial charge in [0.2, 0.25) is 0 Å². The molecule has 2 aromatic carbocycles. The highest BCUT2D eigenvalue weighted by atomic mass is 16.2. The van der Waals surface area contributed by atoms with Gasteiger partial charge in [0.25, 0.3) is 0 Å². The Morgan fingerprint density at radius 2 is 2.00 bits per heavy atom. The molecule has 4 heteroatoms. The molecule has 0 aliphatic carbocycles. The first-order valence-electron chi connectivity index (χ1n) is 6.17. The molecular formula is C15H15N3O. The third kappa shape index (κ3) is 2.83. The second-order valence-corrected chi connectivity index (χ2v) is 4.13. The molecule has 0 saturated heterocycles. The van der Waals surface area contributed by atoms with Crippen molar-refractivity contribution in [3.05, 3.63) is 42.5 Å². The number of hydrogen-bond donors (Lipinski definition) is 1. The summed E-state index contributed by atoms with van der Waals surface area (Å²) in [7, 11) is 0. The van der Waals surface area contributed by atoms with E-state index in [9.17, 15) is 4.79 Å². The van der Waals surface area contributed by atoms with E-state index >= 15 is 0 Å². The van der Waals surface area contributed by atoms with Gasteiger partial charge in [0.1, 0.15) is 6.54 Å². The minimum atomic E-state index is -0.250. The molecule has 0 aliphatic heterocycles. The fourth-order valence-corrected chi connectivity index (χ4v) is 1.94. The molecule has 0 radical (unpaired) electrons. The first kappa shape index (κ1) is 12.9. The Morgan fingerprint density at radius 1 is 1.26 bits per heavy atom. The largest absolute Gasteiger partial charge is 0.322 e. The smallest absolute Gasteiger partial charge is 0.311 e. The summed E-state index contributed by atoms with van der Waals surface area (Å²) in [5.74, 6) is 0. The fraction of sp³-hybridized carbons (Fsp3) is 0.200. The molecule has 4 nitrogen and oxygen atoms in total. The van der Waals surface area contributed by atoms with Crippen LogP contribution in [-0.4, -0.2) is 24.0 Å². The van der Waals surface area contributed by atoms with Gasteiger partial charge in [-0.3, -0.25) is 0 Å². The summed E-state index contributed by atoms with van der Waals surface area (Å²) in [5, 5.41) is 13.6. The quantitative estimate of drug-likeness (QED) is 0.854. The number of nitrogens with zero attached hydrogens (tertiary/aromatic N) is 2. The third-order valence-electron chi connectivity index (χ3n) is 2.96. The number of rotatable bonds is 3. The topological polar surface area (TPSA) is 56.1 Å². The normalized spacial score (nSPS) is 9.89. The Balaban J connectivity index is 2.26. The van der Waals surface area contributed by atoms with Gasteiger partial charge in [-0.2, -0.15) is 5.26 Å². The van der Waals surface area contributed by atoms with E-state index in [-0.39, 0.29) is 12.6 Å². The third-order valence-corrected chi connectivity index (χ3v) is 2.96. The molecule has 0 heterocycles. The van der Waals surface area contributed by atoms with Crippen molar-refractivity contribution in [1.82, 2.24) is 4.90 Å². The van der Waals surface area contributed by atoms with Crippen molar-refractivity contribution >= 4 is 22.5 Å². The molecule has 0 bridgehead atoms. The lowest BCUT2D eigenvalue weighted by Crippen LogP contribution is -2.35. The maximum atomic E-state index is 12.0. The lowest BCUT2D eigenvalue weighted by molar-refractivity contribution is 0.220. The molecule has 2 amide bonds. The Bertz CT molecular complexity index is 625. The van der Waals surface area contributed by atoms with Crippen molar-refractivity contribution in [3.63, 3.8) is 0 Å². The number of hydrogen-bond acceptors (Lipinski definition) is 2. The van der Waals surface area contributed by atoms with E-state index in [0.29, 0.717) is 6.54 Å². The molecular weight excluding hydrogens is 238 g/mol. The molecule has 96 valence electrons. The zero-order valence-corrected chi connectivity index (χ0v) is 10.8. The molecule has 0 aromatic heterocycles. The van der Waals surface area contributed by atoms with Gasteiger partial charge in [-0.25, -0.2) is 4.79 Å². The summed E-state index contributed by atoms with van der Waals surface area (Å²) in [6, 6.07) is 15.4. The van der Waals surface area contributed by atoms with Gasteiger partial charge in [0, 0.05) is 11.9 Å². The Hall–Kier alpha value is -2.54. The van der Waals surface area contributed by atoms with Crippen LogP contribution in [0.1, 0.15) is 6.92 Å². The number of carbonyl (C=O) groups is 1. The van der Waals surface area contributed by atoms with Crippen molar-refractivity contribution in [1.29, 1.82) is 5.26 Å². The lowest BCUT2D eigenvalue weighted by Gasteiger charge is -2.18. The molecule has 2 aromatic rings. The maximum absolute atomic E-state index is 12.0. The second-order valence-electron chi connectivity index (χ2n) is 4.13. The molecule has 0 aliphatic rings. The first-order chi connectivity index (χ1) is 9.26. The molecule has 0 atom stereocenters. The van der Waals surface area contributed by atoms with Crippen molar-refractivity contribution in [2.45, 2.75) is 6.92 Å². The van der Waals surface area contributed by atoms with E-state index < -0.39 is 0 Å².